The molecule has 0 aliphatic heterocycles. The molecular weight excluding hydrogens is 329 g/mol. The molecule has 1 fully saturated rings. The molecule has 0 bridgehead atoms. The zero-order valence-electron chi connectivity index (χ0n) is 14.7. The smallest absolute Gasteiger partial charge is 0.150 e. The first kappa shape index (κ1) is 18.0. The highest BCUT2D eigenvalue weighted by Gasteiger charge is 2.21. The molecule has 0 N–H and O–H groups in total. The number of isothiocyanates is 1. The number of halogens is 1. The van der Waals surface area contributed by atoms with Crippen molar-refractivity contribution in [2.45, 2.75) is 51.4 Å². The summed E-state index contributed by atoms with van der Waals surface area (Å²) in [6.07, 6.45) is 7.97. The maximum Gasteiger partial charge on any atom is 0.150 e. The van der Waals surface area contributed by atoms with Gasteiger partial charge in [0.2, 0.25) is 0 Å². The SMILES string of the molecule is CCCC1CCC(c2ccc(-c3ccc(N=C=S)c(F)c3)cc2)CC1. The van der Waals surface area contributed by atoms with Crippen molar-refractivity contribution in [3.63, 3.8) is 0 Å². The van der Waals surface area contributed by atoms with Crippen molar-refractivity contribution in [3.05, 3.63) is 53.8 Å². The van der Waals surface area contributed by atoms with Gasteiger partial charge in [-0.3, -0.25) is 0 Å². The lowest BCUT2D eigenvalue weighted by Gasteiger charge is -2.28. The average Bonchev–Trinajstić information content (AvgIpc) is 2.65. The van der Waals surface area contributed by atoms with Crippen LogP contribution in [0.15, 0.2) is 47.5 Å². The molecule has 0 unspecified atom stereocenters. The summed E-state index contributed by atoms with van der Waals surface area (Å²) in [6, 6.07) is 13.7. The summed E-state index contributed by atoms with van der Waals surface area (Å²) >= 11 is 4.53. The van der Waals surface area contributed by atoms with E-state index in [1.165, 1.54) is 50.2 Å². The van der Waals surface area contributed by atoms with Crippen LogP contribution < -0.4 is 0 Å². The molecule has 1 aliphatic carbocycles. The molecule has 0 radical (unpaired) electrons. The number of hydrogen-bond acceptors (Lipinski definition) is 2. The van der Waals surface area contributed by atoms with Crippen LogP contribution in [0.1, 0.15) is 56.9 Å². The predicted molar refractivity (Wildman–Crippen MR) is 106 cm³/mol. The molecule has 0 atom stereocenters. The molecule has 0 aromatic heterocycles. The first-order valence-electron chi connectivity index (χ1n) is 9.19. The van der Waals surface area contributed by atoms with Gasteiger partial charge in [-0.25, -0.2) is 4.39 Å². The zero-order chi connectivity index (χ0) is 17.6. The molecule has 130 valence electrons. The fourth-order valence-electron chi connectivity index (χ4n) is 3.97. The van der Waals surface area contributed by atoms with Crippen LogP contribution in [0.25, 0.3) is 11.1 Å². The highest BCUT2D eigenvalue weighted by molar-refractivity contribution is 7.78. The number of benzene rings is 2. The lowest BCUT2D eigenvalue weighted by Crippen LogP contribution is -2.13. The van der Waals surface area contributed by atoms with Crippen LogP contribution in [-0.2, 0) is 0 Å². The van der Waals surface area contributed by atoms with Crippen molar-refractivity contribution in [3.8, 4) is 11.1 Å². The van der Waals surface area contributed by atoms with Gasteiger partial charge in [-0.05, 0) is 78.6 Å². The Hall–Kier alpha value is -1.83. The Morgan fingerprint density at radius 1 is 1.04 bits per heavy atom. The highest BCUT2D eigenvalue weighted by atomic mass is 32.1. The van der Waals surface area contributed by atoms with Crippen LogP contribution in [0, 0.1) is 11.7 Å². The second-order valence-corrected chi connectivity index (χ2v) is 7.18. The first-order chi connectivity index (χ1) is 12.2. The Morgan fingerprint density at radius 3 is 2.32 bits per heavy atom. The van der Waals surface area contributed by atoms with E-state index in [-0.39, 0.29) is 11.5 Å². The molecule has 0 heterocycles. The van der Waals surface area contributed by atoms with Gasteiger partial charge >= 0.3 is 0 Å². The number of hydrogen-bond donors (Lipinski definition) is 0. The second-order valence-electron chi connectivity index (χ2n) is 7.00. The minimum absolute atomic E-state index is 0.235. The molecule has 3 rings (SSSR count). The van der Waals surface area contributed by atoms with Crippen LogP contribution in [0.4, 0.5) is 10.1 Å². The zero-order valence-corrected chi connectivity index (χ0v) is 15.5. The van der Waals surface area contributed by atoms with Crippen LogP contribution >= 0.6 is 12.2 Å². The van der Waals surface area contributed by atoms with Gasteiger partial charge in [-0.2, -0.15) is 4.99 Å². The molecule has 3 heteroatoms. The van der Waals surface area contributed by atoms with Crippen molar-refractivity contribution in [1.29, 1.82) is 0 Å². The summed E-state index contributed by atoms with van der Waals surface area (Å²) in [5, 5.41) is 2.21. The molecule has 0 amide bonds. The fourth-order valence-corrected chi connectivity index (χ4v) is 4.07. The Bertz CT molecular complexity index is 754. The average molecular weight is 354 g/mol. The van der Waals surface area contributed by atoms with E-state index in [0.717, 1.165) is 17.0 Å². The van der Waals surface area contributed by atoms with Gasteiger partial charge in [0.05, 0.1) is 5.16 Å². The quantitative estimate of drug-likeness (QED) is 0.406. The Kier molecular flexibility index (Phi) is 6.12. The van der Waals surface area contributed by atoms with E-state index in [0.29, 0.717) is 5.92 Å². The largest absolute Gasteiger partial charge is 0.205 e. The lowest BCUT2D eigenvalue weighted by atomic mass is 9.77. The number of aliphatic imine (C=N–C) groups is 1. The third kappa shape index (κ3) is 4.42. The molecule has 1 aliphatic rings. The monoisotopic (exact) mass is 353 g/mol. The van der Waals surface area contributed by atoms with Crippen LogP contribution in [-0.4, -0.2) is 5.16 Å². The molecular formula is C22H24FNS. The third-order valence-corrected chi connectivity index (χ3v) is 5.46. The number of thiocarbonyl (C=S) groups is 1. The van der Waals surface area contributed by atoms with Gasteiger partial charge in [0, 0.05) is 0 Å². The van der Waals surface area contributed by atoms with Gasteiger partial charge in [-0.1, -0.05) is 50.1 Å². The van der Waals surface area contributed by atoms with Crippen molar-refractivity contribution >= 4 is 23.1 Å². The van der Waals surface area contributed by atoms with Gasteiger partial charge in [0.15, 0.2) is 0 Å². The van der Waals surface area contributed by atoms with Crippen molar-refractivity contribution in [2.75, 3.05) is 0 Å². The Labute approximate surface area is 155 Å². The van der Waals surface area contributed by atoms with Crippen LogP contribution in [0.5, 0.6) is 0 Å². The maximum atomic E-state index is 14.0. The van der Waals surface area contributed by atoms with E-state index in [1.54, 1.807) is 6.07 Å². The second kappa shape index (κ2) is 8.51. The summed E-state index contributed by atoms with van der Waals surface area (Å²) in [5.74, 6) is 1.24. The van der Waals surface area contributed by atoms with Gasteiger partial charge < -0.3 is 0 Å². The molecule has 2 aromatic rings. The number of rotatable bonds is 5. The highest BCUT2D eigenvalue weighted by Crippen LogP contribution is 2.38. The molecule has 0 saturated heterocycles. The predicted octanol–water partition coefficient (Wildman–Crippen LogP) is 7.30. The van der Waals surface area contributed by atoms with E-state index in [4.69, 9.17) is 0 Å². The lowest BCUT2D eigenvalue weighted by molar-refractivity contribution is 0.308. The van der Waals surface area contributed by atoms with E-state index >= 15 is 0 Å². The molecule has 2 aromatic carbocycles. The summed E-state index contributed by atoms with van der Waals surface area (Å²) in [4.78, 5) is 3.73. The fraction of sp³-hybridized carbons (Fsp3) is 0.409. The van der Waals surface area contributed by atoms with Gasteiger partial charge in [-0.15, -0.1) is 0 Å². The summed E-state index contributed by atoms with van der Waals surface area (Å²) in [5.41, 5.74) is 3.54. The Morgan fingerprint density at radius 2 is 1.72 bits per heavy atom. The van der Waals surface area contributed by atoms with Crippen LogP contribution in [0.2, 0.25) is 0 Å². The molecule has 1 saturated carbocycles. The summed E-state index contributed by atoms with van der Waals surface area (Å²) in [7, 11) is 0. The minimum Gasteiger partial charge on any atom is -0.205 e. The van der Waals surface area contributed by atoms with Gasteiger partial charge in [0.25, 0.3) is 0 Å². The summed E-state index contributed by atoms with van der Waals surface area (Å²) < 4.78 is 14.0. The maximum absolute atomic E-state index is 14.0. The molecule has 1 nitrogen and oxygen atoms in total. The van der Waals surface area contributed by atoms with Gasteiger partial charge in [0.1, 0.15) is 11.5 Å². The molecule has 25 heavy (non-hydrogen) atoms. The van der Waals surface area contributed by atoms with Crippen LogP contribution in [0.3, 0.4) is 0 Å². The van der Waals surface area contributed by atoms with Crippen molar-refractivity contribution in [1.82, 2.24) is 0 Å². The topological polar surface area (TPSA) is 12.4 Å². The molecule has 0 spiro atoms. The van der Waals surface area contributed by atoms with E-state index in [1.807, 2.05) is 6.07 Å². The third-order valence-electron chi connectivity index (χ3n) is 5.37. The van der Waals surface area contributed by atoms with E-state index in [2.05, 4.69) is 53.6 Å². The minimum atomic E-state index is -0.367. The Balaban J connectivity index is 1.70. The van der Waals surface area contributed by atoms with Crippen molar-refractivity contribution < 1.29 is 4.39 Å². The standard InChI is InChI=1S/C22H24FNS/c1-2-3-16-4-6-17(7-5-16)18-8-10-19(11-9-18)20-12-13-22(24-15-25)21(23)14-20/h8-14,16-17H,2-7H2,1H3. The summed E-state index contributed by atoms with van der Waals surface area (Å²) in [6.45, 7) is 2.28. The normalized spacial score (nSPS) is 20.1. The van der Waals surface area contributed by atoms with E-state index in [9.17, 15) is 4.39 Å². The first-order valence-corrected chi connectivity index (χ1v) is 9.59. The van der Waals surface area contributed by atoms with Crippen molar-refractivity contribution in [2.24, 2.45) is 10.9 Å². The van der Waals surface area contributed by atoms with E-state index < -0.39 is 0 Å². The number of nitrogens with zero attached hydrogens (tertiary/aromatic N) is 1.